The number of aromatic nitrogens is 2. The highest BCUT2D eigenvalue weighted by molar-refractivity contribution is 7.20. The van der Waals surface area contributed by atoms with Crippen molar-refractivity contribution in [1.82, 2.24) is 10.2 Å². The first-order valence-corrected chi connectivity index (χ1v) is 7.16. The van der Waals surface area contributed by atoms with Gasteiger partial charge in [-0.2, -0.15) is 5.10 Å². The highest BCUT2D eigenvalue weighted by Gasteiger charge is 2.15. The molecule has 3 aromatic rings. The average Bonchev–Trinajstić information content (AvgIpc) is 3.01. The molecule has 0 radical (unpaired) electrons. The second-order valence-corrected chi connectivity index (χ2v) is 5.47. The number of rotatable bonds is 4. The molecule has 3 N–H and O–H groups in total. The van der Waals surface area contributed by atoms with Crippen molar-refractivity contribution < 1.29 is 19.4 Å². The van der Waals surface area contributed by atoms with Crippen LogP contribution in [0, 0.1) is 0 Å². The number of hydrogen-bond acceptors (Lipinski definition) is 5. The number of hydrogen-bond donors (Lipinski definition) is 3. The number of carbonyl (C=O) groups is 2. The Bertz CT molecular complexity index is 825. The van der Waals surface area contributed by atoms with Crippen LogP contribution in [0.2, 0.25) is 0 Å². The Morgan fingerprint density at radius 2 is 2.09 bits per heavy atom. The summed E-state index contributed by atoms with van der Waals surface area (Å²) in [5.41, 5.74) is 0.895. The Morgan fingerprint density at radius 3 is 2.82 bits per heavy atom. The van der Waals surface area contributed by atoms with Gasteiger partial charge in [-0.15, -0.1) is 0 Å². The first kappa shape index (κ1) is 14.1. The third kappa shape index (κ3) is 3.07. The van der Waals surface area contributed by atoms with Crippen molar-refractivity contribution in [3.8, 4) is 5.06 Å². The van der Waals surface area contributed by atoms with Gasteiger partial charge in [-0.3, -0.25) is 9.89 Å². The van der Waals surface area contributed by atoms with Gasteiger partial charge in [0.1, 0.15) is 4.83 Å². The molecule has 0 aliphatic carbocycles. The second kappa shape index (κ2) is 5.86. The fourth-order valence-corrected chi connectivity index (χ4v) is 2.83. The number of nitrogens with one attached hydrogen (secondary N) is 2. The maximum atomic E-state index is 12.0. The predicted molar refractivity (Wildman–Crippen MR) is 81.4 cm³/mol. The number of anilines is 1. The largest absolute Gasteiger partial charge is 0.512 e. The molecule has 0 aliphatic rings. The topological polar surface area (TPSA) is 104 Å². The Hall–Kier alpha value is -2.87. The third-order valence-corrected chi connectivity index (χ3v) is 3.80. The molecule has 2 heterocycles. The first-order valence-electron chi connectivity index (χ1n) is 6.34. The molecule has 22 heavy (non-hydrogen) atoms. The average molecular weight is 317 g/mol. The van der Waals surface area contributed by atoms with Crippen LogP contribution >= 0.6 is 11.3 Å². The number of nitrogens with zero attached hydrogens (tertiary/aromatic N) is 1. The Labute approximate surface area is 128 Å². The summed E-state index contributed by atoms with van der Waals surface area (Å²) < 4.78 is 4.59. The number of aromatic amines is 1. The van der Waals surface area contributed by atoms with Gasteiger partial charge in [-0.25, -0.2) is 4.79 Å². The summed E-state index contributed by atoms with van der Waals surface area (Å²) >= 11 is 1.11. The number of ether oxygens (including phenoxy) is 1. The Balaban J connectivity index is 1.74. The molecule has 0 aliphatic heterocycles. The number of amides is 1. The van der Waals surface area contributed by atoms with Gasteiger partial charge < -0.3 is 15.2 Å². The molecule has 112 valence electrons. The summed E-state index contributed by atoms with van der Waals surface area (Å²) in [6, 6.07) is 10.9. The number of H-pyrrole nitrogens is 1. The van der Waals surface area contributed by atoms with E-state index in [1.165, 1.54) is 6.07 Å². The van der Waals surface area contributed by atoms with Crippen LogP contribution in [0.1, 0.15) is 5.56 Å². The molecule has 3 rings (SSSR count). The second-order valence-electron chi connectivity index (χ2n) is 4.46. The predicted octanol–water partition coefficient (Wildman–Crippen LogP) is 2.86. The lowest BCUT2D eigenvalue weighted by atomic mass is 10.1. The molecular formula is C14H11N3O4S. The lowest BCUT2D eigenvalue weighted by Crippen LogP contribution is -2.14. The highest BCUT2D eigenvalue weighted by atomic mass is 32.1. The molecule has 0 saturated heterocycles. The van der Waals surface area contributed by atoms with Gasteiger partial charge in [0.15, 0.2) is 10.9 Å². The lowest BCUT2D eigenvalue weighted by Gasteiger charge is -2.02. The molecule has 0 atom stereocenters. The van der Waals surface area contributed by atoms with Crippen LogP contribution in [-0.4, -0.2) is 27.4 Å². The summed E-state index contributed by atoms with van der Waals surface area (Å²) in [5.74, 6) is 0.152. The highest BCUT2D eigenvalue weighted by Crippen LogP contribution is 2.34. The minimum atomic E-state index is -1.38. The van der Waals surface area contributed by atoms with Crippen LogP contribution in [0.3, 0.4) is 0 Å². The van der Waals surface area contributed by atoms with Crippen molar-refractivity contribution in [3.05, 3.63) is 42.0 Å². The van der Waals surface area contributed by atoms with Crippen molar-refractivity contribution in [2.24, 2.45) is 0 Å². The SMILES string of the molecule is O=C(Cc1ccccc1)Nc1n[nH]c2sc(OC(=O)O)cc12. The van der Waals surface area contributed by atoms with Gasteiger partial charge in [0.05, 0.1) is 11.8 Å². The Morgan fingerprint density at radius 1 is 1.32 bits per heavy atom. The van der Waals surface area contributed by atoms with Gasteiger partial charge in [-0.1, -0.05) is 41.7 Å². The summed E-state index contributed by atoms with van der Waals surface area (Å²) in [6.45, 7) is 0. The van der Waals surface area contributed by atoms with Crippen molar-refractivity contribution in [3.63, 3.8) is 0 Å². The fourth-order valence-electron chi connectivity index (χ4n) is 1.98. The van der Waals surface area contributed by atoms with E-state index < -0.39 is 6.16 Å². The van der Waals surface area contributed by atoms with Crippen LogP contribution < -0.4 is 10.1 Å². The third-order valence-electron chi connectivity index (χ3n) is 2.89. The van der Waals surface area contributed by atoms with Crippen molar-refractivity contribution in [1.29, 1.82) is 0 Å². The van der Waals surface area contributed by atoms with Crippen LogP contribution in [0.25, 0.3) is 10.2 Å². The van der Waals surface area contributed by atoms with E-state index >= 15 is 0 Å². The van der Waals surface area contributed by atoms with E-state index in [0.29, 0.717) is 16.0 Å². The molecular weight excluding hydrogens is 306 g/mol. The van der Waals surface area contributed by atoms with Gasteiger partial charge >= 0.3 is 6.16 Å². The molecule has 0 fully saturated rings. The van der Waals surface area contributed by atoms with E-state index in [2.05, 4.69) is 20.3 Å². The standard InChI is InChI=1S/C14H11N3O4S/c18-10(6-8-4-2-1-3-5-8)15-12-9-7-11(21-14(19)20)22-13(9)17-16-12/h1-5,7H,6H2,(H,19,20)(H2,15,16,17,18). The summed E-state index contributed by atoms with van der Waals surface area (Å²) in [7, 11) is 0. The molecule has 0 unspecified atom stereocenters. The van der Waals surface area contributed by atoms with Crippen LogP contribution in [-0.2, 0) is 11.2 Å². The summed E-state index contributed by atoms with van der Waals surface area (Å²) in [5, 5.41) is 18.9. The summed E-state index contributed by atoms with van der Waals surface area (Å²) in [6.07, 6.45) is -1.15. The number of thiophene rings is 1. The summed E-state index contributed by atoms with van der Waals surface area (Å²) in [4.78, 5) is 23.2. The van der Waals surface area contributed by atoms with E-state index in [4.69, 9.17) is 5.11 Å². The zero-order valence-electron chi connectivity index (χ0n) is 11.2. The van der Waals surface area contributed by atoms with Crippen molar-refractivity contribution in [2.75, 3.05) is 5.32 Å². The molecule has 1 amide bonds. The van der Waals surface area contributed by atoms with Crippen molar-refractivity contribution in [2.45, 2.75) is 6.42 Å². The maximum absolute atomic E-state index is 12.0. The Kier molecular flexibility index (Phi) is 3.75. The maximum Gasteiger partial charge on any atom is 0.512 e. The van der Waals surface area contributed by atoms with Crippen LogP contribution in [0.5, 0.6) is 5.06 Å². The fraction of sp³-hybridized carbons (Fsp3) is 0.0714. The van der Waals surface area contributed by atoms with E-state index in [1.807, 2.05) is 30.3 Å². The molecule has 1 aromatic carbocycles. The monoisotopic (exact) mass is 317 g/mol. The normalized spacial score (nSPS) is 10.5. The molecule has 2 aromatic heterocycles. The van der Waals surface area contributed by atoms with Crippen LogP contribution in [0.4, 0.5) is 10.6 Å². The van der Waals surface area contributed by atoms with E-state index in [-0.39, 0.29) is 17.4 Å². The van der Waals surface area contributed by atoms with Gasteiger partial charge in [0.2, 0.25) is 5.91 Å². The van der Waals surface area contributed by atoms with Crippen molar-refractivity contribution >= 4 is 39.4 Å². The zero-order valence-corrected chi connectivity index (χ0v) is 12.0. The zero-order chi connectivity index (χ0) is 15.5. The molecule has 0 bridgehead atoms. The number of carbonyl (C=O) groups excluding carboxylic acids is 1. The lowest BCUT2D eigenvalue weighted by molar-refractivity contribution is -0.115. The van der Waals surface area contributed by atoms with Gasteiger partial charge in [0, 0.05) is 6.07 Å². The molecule has 0 saturated carbocycles. The quantitative estimate of drug-likeness (QED) is 0.642. The number of carboxylic acid groups (broad SMARTS) is 1. The molecule has 0 spiro atoms. The minimum Gasteiger partial charge on any atom is -0.449 e. The van der Waals surface area contributed by atoms with E-state index in [9.17, 15) is 9.59 Å². The van der Waals surface area contributed by atoms with Crippen LogP contribution in [0.15, 0.2) is 36.4 Å². The van der Waals surface area contributed by atoms with Gasteiger partial charge in [0.25, 0.3) is 0 Å². The van der Waals surface area contributed by atoms with E-state index in [0.717, 1.165) is 16.9 Å². The molecule has 7 nitrogen and oxygen atoms in total. The minimum absolute atomic E-state index is 0.202. The number of benzene rings is 1. The van der Waals surface area contributed by atoms with E-state index in [1.54, 1.807) is 0 Å². The smallest absolute Gasteiger partial charge is 0.449 e. The first-order chi connectivity index (χ1) is 10.6. The molecule has 8 heteroatoms. The number of fused-ring (bicyclic) bond motifs is 1. The van der Waals surface area contributed by atoms with Gasteiger partial charge in [-0.05, 0) is 5.56 Å².